The summed E-state index contributed by atoms with van der Waals surface area (Å²) in [5.74, 6) is -2.21. The van der Waals surface area contributed by atoms with Crippen molar-refractivity contribution in [1.29, 1.82) is 0 Å². The highest BCUT2D eigenvalue weighted by atomic mass is 32.2. The second-order valence-corrected chi connectivity index (χ2v) is 18.0. The van der Waals surface area contributed by atoms with Crippen LogP contribution >= 0.6 is 0 Å². The van der Waals surface area contributed by atoms with Crippen molar-refractivity contribution in [2.45, 2.75) is 121 Å². The summed E-state index contributed by atoms with van der Waals surface area (Å²) in [5.41, 5.74) is 1.92. The maximum Gasteiger partial charge on any atom is 0.316 e. The Balaban J connectivity index is 1.29. The van der Waals surface area contributed by atoms with Crippen molar-refractivity contribution in [1.82, 2.24) is 0 Å². The number of anilines is 1. The standard InChI is InChI=1S/C41H57NO10S/c1-25-17-19-40(51-29(25)5)23-34-22-33(52-40)16-11-27(3)37(48-20-18-30-12-14-32(15-13-30)42(6)53(7,46)47)26(2)9-8-10-31-24-49-38-36(43)28(4)21-35(39(44)50-34)41(31,38)45/h8-15,21,25-26,29,33-38,43,45H,16-20,22-24H2,1-7H3/t25-,26-,29+,33+,34-,35-,36+,37+,38+,40-,41+/m0/s1. The van der Waals surface area contributed by atoms with Gasteiger partial charge >= 0.3 is 5.97 Å². The van der Waals surface area contributed by atoms with Crippen LogP contribution < -0.4 is 4.31 Å². The molecule has 3 fully saturated rings. The highest BCUT2D eigenvalue weighted by Gasteiger charge is 2.60. The van der Waals surface area contributed by atoms with Gasteiger partial charge in [0.05, 0.1) is 43.5 Å². The Hall–Kier alpha value is -2.84. The van der Waals surface area contributed by atoms with Crippen LogP contribution in [-0.2, 0) is 44.9 Å². The smallest absolute Gasteiger partial charge is 0.316 e. The molecule has 0 saturated carbocycles. The highest BCUT2D eigenvalue weighted by Crippen LogP contribution is 2.47. The first kappa shape index (κ1) is 39.8. The van der Waals surface area contributed by atoms with E-state index in [1.54, 1.807) is 31.2 Å². The lowest BCUT2D eigenvalue weighted by Gasteiger charge is -2.49. The lowest BCUT2D eigenvalue weighted by atomic mass is 9.71. The number of ether oxygens (including phenoxy) is 5. The maximum absolute atomic E-state index is 14.1. The molecule has 0 unspecified atom stereocenters. The number of carbonyl (C=O) groups excluding carboxylic acids is 1. The number of aliphatic hydroxyl groups excluding tert-OH is 1. The van der Waals surface area contributed by atoms with Gasteiger partial charge in [-0.1, -0.05) is 56.4 Å². The second-order valence-electron chi connectivity index (χ2n) is 15.9. The van der Waals surface area contributed by atoms with Crippen molar-refractivity contribution >= 4 is 21.7 Å². The molecule has 1 spiro atoms. The predicted octanol–water partition coefficient (Wildman–Crippen LogP) is 5.17. The summed E-state index contributed by atoms with van der Waals surface area (Å²) in [5, 5.41) is 23.4. The van der Waals surface area contributed by atoms with E-state index in [4.69, 9.17) is 23.7 Å². The van der Waals surface area contributed by atoms with Crippen LogP contribution in [0.15, 0.2) is 71.4 Å². The highest BCUT2D eigenvalue weighted by molar-refractivity contribution is 7.92. The molecule has 0 amide bonds. The summed E-state index contributed by atoms with van der Waals surface area (Å²) in [6, 6.07) is 7.42. The molecule has 0 aromatic heterocycles. The molecule has 2 bridgehead atoms. The molecular formula is C41H57NO10S. The van der Waals surface area contributed by atoms with Crippen molar-refractivity contribution in [2.75, 3.05) is 30.8 Å². The van der Waals surface area contributed by atoms with Crippen LogP contribution in [0.4, 0.5) is 5.69 Å². The number of benzene rings is 1. The Labute approximate surface area is 314 Å². The van der Waals surface area contributed by atoms with Crippen LogP contribution in [0.3, 0.4) is 0 Å². The number of esters is 1. The van der Waals surface area contributed by atoms with Crippen molar-refractivity contribution in [3.63, 3.8) is 0 Å². The fourth-order valence-corrected chi connectivity index (χ4v) is 8.95. The number of nitrogens with zero attached hydrogens (tertiary/aromatic N) is 1. The molecule has 4 aliphatic heterocycles. The van der Waals surface area contributed by atoms with E-state index in [1.807, 2.05) is 24.3 Å². The molecule has 1 aliphatic carbocycles. The Morgan fingerprint density at radius 1 is 1.06 bits per heavy atom. The molecule has 1 aromatic rings. The van der Waals surface area contributed by atoms with Crippen LogP contribution in [0, 0.1) is 17.8 Å². The van der Waals surface area contributed by atoms with Gasteiger partial charge in [-0.3, -0.25) is 9.10 Å². The van der Waals surface area contributed by atoms with Crippen LogP contribution in [-0.4, -0.2) is 99.1 Å². The molecule has 5 aliphatic rings. The maximum atomic E-state index is 14.1. The van der Waals surface area contributed by atoms with Gasteiger partial charge in [-0.15, -0.1) is 0 Å². The minimum absolute atomic E-state index is 0.0218. The molecule has 12 heteroatoms. The van der Waals surface area contributed by atoms with Crippen molar-refractivity contribution in [3.8, 4) is 0 Å². The number of rotatable bonds is 6. The van der Waals surface area contributed by atoms with Crippen molar-refractivity contribution < 1.29 is 47.1 Å². The van der Waals surface area contributed by atoms with Crippen molar-refractivity contribution in [2.24, 2.45) is 17.8 Å². The van der Waals surface area contributed by atoms with E-state index in [2.05, 4.69) is 33.8 Å². The van der Waals surface area contributed by atoms with Gasteiger partial charge in [-0.2, -0.15) is 0 Å². The van der Waals surface area contributed by atoms with Gasteiger partial charge in [0.1, 0.15) is 29.8 Å². The zero-order valence-corrected chi connectivity index (χ0v) is 32.9. The van der Waals surface area contributed by atoms with Gasteiger partial charge in [0.2, 0.25) is 10.0 Å². The third-order valence-corrected chi connectivity index (χ3v) is 13.2. The van der Waals surface area contributed by atoms with Gasteiger partial charge in [0.15, 0.2) is 5.79 Å². The quantitative estimate of drug-likeness (QED) is 0.295. The molecule has 11 nitrogen and oxygen atoms in total. The van der Waals surface area contributed by atoms with Gasteiger partial charge in [-0.25, -0.2) is 8.42 Å². The molecule has 53 heavy (non-hydrogen) atoms. The lowest BCUT2D eigenvalue weighted by Crippen LogP contribution is -2.58. The van der Waals surface area contributed by atoms with Crippen LogP contribution in [0.2, 0.25) is 0 Å². The Morgan fingerprint density at radius 2 is 1.79 bits per heavy atom. The minimum atomic E-state index is -3.36. The number of carbonyl (C=O) groups is 1. The molecule has 3 saturated heterocycles. The topological polar surface area (TPSA) is 141 Å². The van der Waals surface area contributed by atoms with Gasteiger partial charge in [-0.05, 0) is 80.4 Å². The Bertz CT molecular complexity index is 1740. The fourth-order valence-electron chi connectivity index (χ4n) is 8.45. The molecule has 4 heterocycles. The van der Waals surface area contributed by atoms with Crippen LogP contribution in [0.1, 0.15) is 72.3 Å². The van der Waals surface area contributed by atoms with E-state index in [0.29, 0.717) is 61.5 Å². The number of hydrogen-bond donors (Lipinski definition) is 2. The summed E-state index contributed by atoms with van der Waals surface area (Å²) < 4.78 is 57.4. The zero-order chi connectivity index (χ0) is 38.3. The minimum Gasteiger partial charge on any atom is -0.462 e. The van der Waals surface area contributed by atoms with E-state index in [9.17, 15) is 23.4 Å². The summed E-state index contributed by atoms with van der Waals surface area (Å²) in [6.07, 6.45) is 11.1. The van der Waals surface area contributed by atoms with E-state index < -0.39 is 51.6 Å². The summed E-state index contributed by atoms with van der Waals surface area (Å²) in [6.45, 7) is 10.6. The number of sulfonamides is 1. The molecular weight excluding hydrogens is 699 g/mol. The molecule has 292 valence electrons. The summed E-state index contributed by atoms with van der Waals surface area (Å²) in [4.78, 5) is 14.1. The average molecular weight is 756 g/mol. The number of aliphatic hydroxyl groups is 2. The van der Waals surface area contributed by atoms with Gasteiger partial charge < -0.3 is 33.9 Å². The van der Waals surface area contributed by atoms with E-state index in [0.717, 1.165) is 17.6 Å². The zero-order valence-electron chi connectivity index (χ0n) is 32.1. The largest absolute Gasteiger partial charge is 0.462 e. The molecule has 6 rings (SSSR count). The van der Waals surface area contributed by atoms with E-state index in [-0.39, 0.29) is 30.8 Å². The number of hydrogen-bond acceptors (Lipinski definition) is 10. The third-order valence-electron chi connectivity index (χ3n) is 12.0. The molecule has 1 aromatic carbocycles. The Morgan fingerprint density at radius 3 is 2.49 bits per heavy atom. The van der Waals surface area contributed by atoms with Gasteiger partial charge in [0.25, 0.3) is 0 Å². The van der Waals surface area contributed by atoms with Crippen LogP contribution in [0.25, 0.3) is 0 Å². The molecule has 0 radical (unpaired) electrons. The monoisotopic (exact) mass is 755 g/mol. The molecule has 11 atom stereocenters. The SMILES string of the molecule is CC1=C[C@H]2C(=O)O[C@H]3C[C@@H](CC=C(C)[C@H](OCCc4ccc(N(C)S(C)(=O)=O)cc4)[C@@H](C)C=CC=C4CO[C@H]([C@@H]1O)[C@@]42O)O[C@@]1(CC[C@H](C)[C@@H](C)O1)C3. The first-order valence-corrected chi connectivity index (χ1v) is 20.8. The third kappa shape index (κ3) is 8.39. The summed E-state index contributed by atoms with van der Waals surface area (Å²) >= 11 is 0. The lowest BCUT2D eigenvalue weighted by molar-refractivity contribution is -0.332. The van der Waals surface area contributed by atoms with E-state index in [1.165, 1.54) is 17.6 Å². The van der Waals surface area contributed by atoms with E-state index >= 15 is 0 Å². The summed E-state index contributed by atoms with van der Waals surface area (Å²) in [7, 11) is -1.82. The molecule has 2 N–H and O–H groups in total. The first-order valence-electron chi connectivity index (χ1n) is 19.0. The first-order chi connectivity index (χ1) is 25.0. The number of fused-ring (bicyclic) bond motifs is 2. The Kier molecular flexibility index (Phi) is 11.8. The predicted molar refractivity (Wildman–Crippen MR) is 202 cm³/mol. The average Bonchev–Trinajstić information content (AvgIpc) is 3.44. The normalized spacial score (nSPS) is 38.0. The number of allylic oxidation sites excluding steroid dienone is 2. The second kappa shape index (κ2) is 15.7. The van der Waals surface area contributed by atoms with Gasteiger partial charge in [0, 0.05) is 32.2 Å². The van der Waals surface area contributed by atoms with Crippen molar-refractivity contribution in [3.05, 3.63) is 76.9 Å². The fraction of sp³-hybridized carbons (Fsp3) is 0.634. The van der Waals surface area contributed by atoms with Crippen LogP contribution in [0.5, 0.6) is 0 Å².